The van der Waals surface area contributed by atoms with E-state index in [9.17, 15) is 4.79 Å². The molecule has 5 rings (SSSR count). The second-order valence-corrected chi connectivity index (χ2v) is 11.0. The van der Waals surface area contributed by atoms with Crippen LogP contribution in [0.3, 0.4) is 0 Å². The Morgan fingerprint density at radius 2 is 1.87 bits per heavy atom. The smallest absolute Gasteiger partial charge is 0.252 e. The van der Waals surface area contributed by atoms with Crippen molar-refractivity contribution in [2.75, 3.05) is 13.9 Å². The Morgan fingerprint density at radius 1 is 1.08 bits per heavy atom. The van der Waals surface area contributed by atoms with Crippen molar-refractivity contribution in [2.24, 2.45) is 5.92 Å². The summed E-state index contributed by atoms with van der Waals surface area (Å²) in [7, 11) is 1.63. The molecule has 10 heteroatoms. The first-order valence-electron chi connectivity index (χ1n) is 12.8. The molecule has 2 aromatic carbocycles. The van der Waals surface area contributed by atoms with Crippen molar-refractivity contribution in [3.63, 3.8) is 0 Å². The highest BCUT2D eigenvalue weighted by molar-refractivity contribution is 5.80. The molecule has 0 bridgehead atoms. The summed E-state index contributed by atoms with van der Waals surface area (Å²) < 4.78 is 18.4. The van der Waals surface area contributed by atoms with Gasteiger partial charge in [0.05, 0.1) is 18.7 Å². The fourth-order valence-electron chi connectivity index (χ4n) is 4.96. The average Bonchev–Trinajstić information content (AvgIpc) is 3.53. The molecule has 1 aliphatic rings. The number of aromatic amines is 1. The lowest BCUT2D eigenvalue weighted by atomic mass is 9.98. The lowest BCUT2D eigenvalue weighted by Crippen LogP contribution is -2.37. The predicted molar refractivity (Wildman–Crippen MR) is 143 cm³/mol. The number of hydrogen-bond acceptors (Lipinski definition) is 8. The Balaban J connectivity index is 1.59. The molecule has 0 saturated heterocycles. The molecule has 0 aliphatic carbocycles. The summed E-state index contributed by atoms with van der Waals surface area (Å²) in [4.78, 5) is 18.5. The van der Waals surface area contributed by atoms with Gasteiger partial charge in [0.1, 0.15) is 5.75 Å². The second-order valence-electron chi connectivity index (χ2n) is 11.0. The molecule has 4 aromatic rings. The number of fused-ring (bicyclic) bond motifs is 2. The van der Waals surface area contributed by atoms with Crippen LogP contribution in [-0.2, 0) is 18.6 Å². The number of benzene rings is 2. The van der Waals surface area contributed by atoms with Gasteiger partial charge in [0.25, 0.3) is 5.56 Å². The summed E-state index contributed by atoms with van der Waals surface area (Å²) in [6, 6.07) is 13.3. The van der Waals surface area contributed by atoms with E-state index in [-0.39, 0.29) is 29.9 Å². The second kappa shape index (κ2) is 10.1. The van der Waals surface area contributed by atoms with Crippen LogP contribution in [0.15, 0.2) is 47.3 Å². The molecular formula is C28H34N6O4. The number of methoxy groups -OCH3 is 1. The highest BCUT2D eigenvalue weighted by atomic mass is 16.7. The number of aromatic nitrogens is 5. The van der Waals surface area contributed by atoms with Gasteiger partial charge in [-0.3, -0.25) is 9.69 Å². The maximum Gasteiger partial charge on any atom is 0.252 e. The molecule has 0 unspecified atom stereocenters. The van der Waals surface area contributed by atoms with Crippen molar-refractivity contribution in [2.45, 2.75) is 59.3 Å². The van der Waals surface area contributed by atoms with Crippen LogP contribution in [0.4, 0.5) is 0 Å². The summed E-state index contributed by atoms with van der Waals surface area (Å²) in [5.74, 6) is 3.09. The number of nitrogens with one attached hydrogen (secondary N) is 1. The molecule has 1 N–H and O–H groups in total. The molecular weight excluding hydrogens is 484 g/mol. The first kappa shape index (κ1) is 25.7. The number of ether oxygens (including phenoxy) is 3. The van der Waals surface area contributed by atoms with Gasteiger partial charge in [-0.1, -0.05) is 19.9 Å². The molecule has 200 valence electrons. The van der Waals surface area contributed by atoms with Gasteiger partial charge in [-0.05, 0) is 79.1 Å². The number of H-pyrrole nitrogens is 1. The fraction of sp³-hybridized carbons (Fsp3) is 0.429. The highest BCUT2D eigenvalue weighted by Crippen LogP contribution is 2.36. The van der Waals surface area contributed by atoms with Crippen LogP contribution in [0.5, 0.6) is 17.2 Å². The van der Waals surface area contributed by atoms with Crippen LogP contribution >= 0.6 is 0 Å². The third kappa shape index (κ3) is 5.08. The van der Waals surface area contributed by atoms with Crippen molar-refractivity contribution >= 4 is 10.9 Å². The number of rotatable bonds is 8. The van der Waals surface area contributed by atoms with Crippen LogP contribution in [-0.4, -0.2) is 44.0 Å². The van der Waals surface area contributed by atoms with Crippen molar-refractivity contribution in [1.29, 1.82) is 0 Å². The molecule has 0 fully saturated rings. The zero-order valence-corrected chi connectivity index (χ0v) is 22.7. The minimum Gasteiger partial charge on any atom is -0.497 e. The van der Waals surface area contributed by atoms with Crippen LogP contribution in [0, 0.1) is 5.92 Å². The quantitative estimate of drug-likeness (QED) is 0.366. The Hall–Kier alpha value is -3.92. The van der Waals surface area contributed by atoms with Crippen molar-refractivity contribution in [3.05, 3.63) is 69.8 Å². The summed E-state index contributed by atoms with van der Waals surface area (Å²) >= 11 is 0. The Morgan fingerprint density at radius 3 is 2.61 bits per heavy atom. The van der Waals surface area contributed by atoms with E-state index in [1.165, 1.54) is 0 Å². The minimum atomic E-state index is -0.312. The van der Waals surface area contributed by atoms with Gasteiger partial charge in [-0.2, -0.15) is 0 Å². The Labute approximate surface area is 221 Å². The molecule has 0 radical (unpaired) electrons. The van der Waals surface area contributed by atoms with E-state index >= 15 is 0 Å². The number of tetrazole rings is 1. The van der Waals surface area contributed by atoms with Crippen molar-refractivity contribution in [1.82, 2.24) is 30.1 Å². The standard InChI is InChI=1S/C28H34N6O4/c1-17(2)25(26-30-31-32-34(26)28(3,4)5)33(14-18-7-10-23-24(11-18)38-16-37-23)15-20-12-19-13-21(36-6)8-9-22(19)29-27(20)35/h7-13,17,25H,14-16H2,1-6H3,(H,29,35)/t25-/m0/s1. The molecule has 2 aromatic heterocycles. The fourth-order valence-corrected chi connectivity index (χ4v) is 4.96. The van der Waals surface area contributed by atoms with E-state index in [0.717, 1.165) is 39.5 Å². The zero-order chi connectivity index (χ0) is 27.0. The SMILES string of the molecule is COc1ccc2[nH]c(=O)c(CN(Cc3ccc4c(c3)OCO4)[C@H](c3nnnn3C(C)(C)C)C(C)C)cc2c1. The molecule has 0 spiro atoms. The van der Waals surface area contributed by atoms with Crippen molar-refractivity contribution in [3.8, 4) is 17.2 Å². The molecule has 0 amide bonds. The molecule has 1 aliphatic heterocycles. The van der Waals surface area contributed by atoms with E-state index in [4.69, 9.17) is 14.2 Å². The molecule has 3 heterocycles. The van der Waals surface area contributed by atoms with Gasteiger partial charge in [0.15, 0.2) is 17.3 Å². The van der Waals surface area contributed by atoms with Crippen LogP contribution in [0.2, 0.25) is 0 Å². The van der Waals surface area contributed by atoms with Gasteiger partial charge in [0, 0.05) is 29.6 Å². The maximum absolute atomic E-state index is 13.2. The van der Waals surface area contributed by atoms with Crippen LogP contribution in [0.1, 0.15) is 57.6 Å². The van der Waals surface area contributed by atoms with E-state index < -0.39 is 0 Å². The van der Waals surface area contributed by atoms with Crippen molar-refractivity contribution < 1.29 is 14.2 Å². The van der Waals surface area contributed by atoms with E-state index in [1.807, 2.05) is 47.1 Å². The largest absolute Gasteiger partial charge is 0.497 e. The number of nitrogens with zero attached hydrogens (tertiary/aromatic N) is 5. The summed E-state index contributed by atoms with van der Waals surface area (Å²) in [5.41, 5.74) is 2.00. The zero-order valence-electron chi connectivity index (χ0n) is 22.7. The number of pyridine rings is 1. The molecule has 38 heavy (non-hydrogen) atoms. The Bertz CT molecular complexity index is 1500. The normalized spacial score (nSPS) is 14.0. The first-order chi connectivity index (χ1) is 18.1. The topological polar surface area (TPSA) is 107 Å². The molecule has 10 nitrogen and oxygen atoms in total. The van der Waals surface area contributed by atoms with E-state index in [0.29, 0.717) is 18.7 Å². The van der Waals surface area contributed by atoms with E-state index in [1.54, 1.807) is 7.11 Å². The lowest BCUT2D eigenvalue weighted by molar-refractivity contribution is 0.119. The number of hydrogen-bond donors (Lipinski definition) is 1. The van der Waals surface area contributed by atoms with Gasteiger partial charge in [-0.15, -0.1) is 5.10 Å². The average molecular weight is 519 g/mol. The molecule has 0 saturated carbocycles. The third-order valence-electron chi connectivity index (χ3n) is 6.74. The Kier molecular flexibility index (Phi) is 6.83. The highest BCUT2D eigenvalue weighted by Gasteiger charge is 2.33. The van der Waals surface area contributed by atoms with E-state index in [2.05, 4.69) is 60.0 Å². The van der Waals surface area contributed by atoms with Gasteiger partial charge >= 0.3 is 0 Å². The summed E-state index contributed by atoms with van der Waals surface area (Å²) in [5, 5.41) is 13.7. The van der Waals surface area contributed by atoms with Crippen LogP contribution < -0.4 is 19.8 Å². The minimum absolute atomic E-state index is 0.128. The predicted octanol–water partition coefficient (Wildman–Crippen LogP) is 4.41. The monoisotopic (exact) mass is 518 g/mol. The van der Waals surface area contributed by atoms with Gasteiger partial charge in [0.2, 0.25) is 6.79 Å². The maximum atomic E-state index is 13.2. The summed E-state index contributed by atoms with van der Waals surface area (Å²) in [6.07, 6.45) is 0. The lowest BCUT2D eigenvalue weighted by Gasteiger charge is -2.35. The summed E-state index contributed by atoms with van der Waals surface area (Å²) in [6.45, 7) is 11.7. The third-order valence-corrected chi connectivity index (χ3v) is 6.74. The van der Waals surface area contributed by atoms with Crippen LogP contribution in [0.25, 0.3) is 10.9 Å². The molecule has 1 atom stereocenters. The van der Waals surface area contributed by atoms with Gasteiger partial charge < -0.3 is 19.2 Å². The first-order valence-corrected chi connectivity index (χ1v) is 12.8. The van der Waals surface area contributed by atoms with Gasteiger partial charge in [-0.25, -0.2) is 4.68 Å².